The predicted molar refractivity (Wildman–Crippen MR) is 53.2 cm³/mol. The summed E-state index contributed by atoms with van der Waals surface area (Å²) in [6.07, 6.45) is 0.904. The maximum absolute atomic E-state index is 5.21. The molecule has 72 valence electrons. The molecule has 0 aliphatic carbocycles. The molecular weight excluding hydrogens is 164 g/mol. The molecule has 1 heterocycles. The molecule has 0 aromatic carbocycles. The number of methoxy groups -OCH3 is 1. The molecule has 0 spiro atoms. The van der Waals surface area contributed by atoms with Crippen LogP contribution in [-0.4, -0.2) is 25.7 Å². The standard InChI is InChI=1S/C10H16N2O/c1-8-4-5-10(13-3)9(12-8)6-7-11-2/h4-5,11H,6-7H2,1-3H3. The fourth-order valence-corrected chi connectivity index (χ4v) is 1.21. The van der Waals surface area contributed by atoms with E-state index in [0.29, 0.717) is 0 Å². The third-order valence-electron chi connectivity index (χ3n) is 1.90. The molecule has 0 aliphatic rings. The number of nitrogens with one attached hydrogen (secondary N) is 1. The second-order valence-corrected chi connectivity index (χ2v) is 2.96. The summed E-state index contributed by atoms with van der Waals surface area (Å²) >= 11 is 0. The normalized spacial score (nSPS) is 10.1. The minimum atomic E-state index is 0.876. The van der Waals surface area contributed by atoms with Gasteiger partial charge in [-0.05, 0) is 26.1 Å². The molecule has 3 nitrogen and oxygen atoms in total. The van der Waals surface area contributed by atoms with Crippen molar-refractivity contribution < 1.29 is 4.74 Å². The maximum atomic E-state index is 5.21. The lowest BCUT2D eigenvalue weighted by molar-refractivity contribution is 0.406. The number of hydrogen-bond acceptors (Lipinski definition) is 3. The van der Waals surface area contributed by atoms with Crippen molar-refractivity contribution in [2.24, 2.45) is 0 Å². The molecule has 0 unspecified atom stereocenters. The Hall–Kier alpha value is -1.09. The summed E-state index contributed by atoms with van der Waals surface area (Å²) in [5.74, 6) is 0.876. The quantitative estimate of drug-likeness (QED) is 0.755. The highest BCUT2D eigenvalue weighted by molar-refractivity contribution is 5.29. The van der Waals surface area contributed by atoms with Gasteiger partial charge in [0.25, 0.3) is 0 Å². The van der Waals surface area contributed by atoms with Gasteiger partial charge in [0.05, 0.1) is 12.8 Å². The summed E-state index contributed by atoms with van der Waals surface area (Å²) in [6.45, 7) is 2.91. The van der Waals surface area contributed by atoms with Crippen LogP contribution in [0.15, 0.2) is 12.1 Å². The van der Waals surface area contributed by atoms with Gasteiger partial charge in [-0.2, -0.15) is 0 Å². The molecular formula is C10H16N2O. The first-order valence-corrected chi connectivity index (χ1v) is 4.43. The molecule has 3 heteroatoms. The number of rotatable bonds is 4. The van der Waals surface area contributed by atoms with Gasteiger partial charge in [-0.25, -0.2) is 0 Å². The van der Waals surface area contributed by atoms with E-state index in [4.69, 9.17) is 4.74 Å². The zero-order valence-corrected chi connectivity index (χ0v) is 8.42. The lowest BCUT2D eigenvalue weighted by Gasteiger charge is -2.07. The SMILES string of the molecule is CNCCc1nc(C)ccc1OC. The van der Waals surface area contributed by atoms with Crippen LogP contribution in [0.3, 0.4) is 0 Å². The van der Waals surface area contributed by atoms with E-state index in [1.54, 1.807) is 7.11 Å². The molecule has 1 aromatic rings. The zero-order chi connectivity index (χ0) is 9.68. The van der Waals surface area contributed by atoms with Crippen LogP contribution < -0.4 is 10.1 Å². The Morgan fingerprint density at radius 2 is 2.23 bits per heavy atom. The lowest BCUT2D eigenvalue weighted by atomic mass is 10.2. The molecule has 0 atom stereocenters. The van der Waals surface area contributed by atoms with Crippen LogP contribution in [0, 0.1) is 6.92 Å². The number of pyridine rings is 1. The predicted octanol–water partition coefficient (Wildman–Crippen LogP) is 1.16. The Morgan fingerprint density at radius 1 is 1.46 bits per heavy atom. The third kappa shape index (κ3) is 2.70. The van der Waals surface area contributed by atoms with Gasteiger partial charge >= 0.3 is 0 Å². The van der Waals surface area contributed by atoms with E-state index in [1.165, 1.54) is 0 Å². The van der Waals surface area contributed by atoms with Crippen LogP contribution in [0.2, 0.25) is 0 Å². The van der Waals surface area contributed by atoms with Crippen LogP contribution >= 0.6 is 0 Å². The van der Waals surface area contributed by atoms with Gasteiger partial charge in [0.15, 0.2) is 0 Å². The van der Waals surface area contributed by atoms with Crippen molar-refractivity contribution in [1.29, 1.82) is 0 Å². The van der Waals surface area contributed by atoms with Gasteiger partial charge in [-0.15, -0.1) is 0 Å². The highest BCUT2D eigenvalue weighted by Gasteiger charge is 2.03. The molecule has 1 rings (SSSR count). The van der Waals surface area contributed by atoms with E-state index in [1.807, 2.05) is 26.1 Å². The molecule has 0 radical (unpaired) electrons. The largest absolute Gasteiger partial charge is 0.495 e. The Morgan fingerprint density at radius 3 is 2.85 bits per heavy atom. The number of ether oxygens (including phenoxy) is 1. The molecule has 0 saturated heterocycles. The zero-order valence-electron chi connectivity index (χ0n) is 8.42. The van der Waals surface area contributed by atoms with E-state index in [0.717, 1.165) is 30.1 Å². The Labute approximate surface area is 79.1 Å². The fourth-order valence-electron chi connectivity index (χ4n) is 1.21. The van der Waals surface area contributed by atoms with E-state index in [2.05, 4.69) is 10.3 Å². The number of nitrogens with zero attached hydrogens (tertiary/aromatic N) is 1. The summed E-state index contributed by atoms with van der Waals surface area (Å²) in [5, 5.41) is 3.09. The van der Waals surface area contributed by atoms with Crippen molar-refractivity contribution in [3.05, 3.63) is 23.5 Å². The van der Waals surface area contributed by atoms with Gasteiger partial charge in [-0.1, -0.05) is 0 Å². The Balaban J connectivity index is 2.81. The smallest absolute Gasteiger partial charge is 0.140 e. The molecule has 0 bridgehead atoms. The summed E-state index contributed by atoms with van der Waals surface area (Å²) < 4.78 is 5.21. The van der Waals surface area contributed by atoms with Crippen molar-refractivity contribution in [2.45, 2.75) is 13.3 Å². The van der Waals surface area contributed by atoms with E-state index >= 15 is 0 Å². The topological polar surface area (TPSA) is 34.2 Å². The minimum Gasteiger partial charge on any atom is -0.495 e. The van der Waals surface area contributed by atoms with Gasteiger partial charge in [0, 0.05) is 18.7 Å². The van der Waals surface area contributed by atoms with Gasteiger partial charge < -0.3 is 10.1 Å². The second-order valence-electron chi connectivity index (χ2n) is 2.96. The summed E-state index contributed by atoms with van der Waals surface area (Å²) in [7, 11) is 3.61. The van der Waals surface area contributed by atoms with Crippen molar-refractivity contribution in [1.82, 2.24) is 10.3 Å². The monoisotopic (exact) mass is 180 g/mol. The summed E-state index contributed by atoms with van der Waals surface area (Å²) in [4.78, 5) is 4.42. The Kier molecular flexibility index (Phi) is 3.71. The van der Waals surface area contributed by atoms with Crippen molar-refractivity contribution in [3.63, 3.8) is 0 Å². The average molecular weight is 180 g/mol. The van der Waals surface area contributed by atoms with Crippen LogP contribution in [0.25, 0.3) is 0 Å². The molecule has 0 fully saturated rings. The molecule has 0 aliphatic heterocycles. The van der Waals surface area contributed by atoms with E-state index < -0.39 is 0 Å². The molecule has 13 heavy (non-hydrogen) atoms. The number of aryl methyl sites for hydroxylation is 1. The summed E-state index contributed by atoms with van der Waals surface area (Å²) in [5.41, 5.74) is 2.06. The van der Waals surface area contributed by atoms with Crippen molar-refractivity contribution >= 4 is 0 Å². The molecule has 1 N–H and O–H groups in total. The van der Waals surface area contributed by atoms with Crippen LogP contribution in [0.5, 0.6) is 5.75 Å². The van der Waals surface area contributed by atoms with Gasteiger partial charge in [0.1, 0.15) is 5.75 Å². The van der Waals surface area contributed by atoms with Crippen LogP contribution in [-0.2, 0) is 6.42 Å². The first kappa shape index (κ1) is 9.99. The van der Waals surface area contributed by atoms with Crippen molar-refractivity contribution in [2.75, 3.05) is 20.7 Å². The van der Waals surface area contributed by atoms with Gasteiger partial charge in [0.2, 0.25) is 0 Å². The Bertz CT molecular complexity index is 274. The fraction of sp³-hybridized carbons (Fsp3) is 0.500. The highest BCUT2D eigenvalue weighted by Crippen LogP contribution is 2.16. The second kappa shape index (κ2) is 4.82. The number of aromatic nitrogens is 1. The molecule has 0 saturated carbocycles. The molecule has 0 amide bonds. The van der Waals surface area contributed by atoms with Crippen LogP contribution in [0.1, 0.15) is 11.4 Å². The lowest BCUT2D eigenvalue weighted by Crippen LogP contribution is -2.12. The third-order valence-corrected chi connectivity index (χ3v) is 1.90. The number of hydrogen-bond donors (Lipinski definition) is 1. The minimum absolute atomic E-state index is 0.876. The molecule has 1 aromatic heterocycles. The first-order valence-electron chi connectivity index (χ1n) is 4.43. The van der Waals surface area contributed by atoms with Gasteiger partial charge in [-0.3, -0.25) is 4.98 Å². The highest BCUT2D eigenvalue weighted by atomic mass is 16.5. The number of likely N-dealkylation sites (N-methyl/N-ethyl adjacent to an activating group) is 1. The average Bonchev–Trinajstić information content (AvgIpc) is 2.15. The maximum Gasteiger partial charge on any atom is 0.140 e. The van der Waals surface area contributed by atoms with Crippen molar-refractivity contribution in [3.8, 4) is 5.75 Å². The van der Waals surface area contributed by atoms with E-state index in [9.17, 15) is 0 Å². The van der Waals surface area contributed by atoms with E-state index in [-0.39, 0.29) is 0 Å². The summed E-state index contributed by atoms with van der Waals surface area (Å²) in [6, 6.07) is 3.93. The van der Waals surface area contributed by atoms with Crippen LogP contribution in [0.4, 0.5) is 0 Å². The first-order chi connectivity index (χ1) is 6.27.